The van der Waals surface area contributed by atoms with Crippen molar-refractivity contribution in [2.75, 3.05) is 7.11 Å². The van der Waals surface area contributed by atoms with Crippen LogP contribution in [-0.4, -0.2) is 33.5 Å². The minimum Gasteiger partial charge on any atom is -0.469 e. The van der Waals surface area contributed by atoms with Gasteiger partial charge in [0.2, 0.25) is 0 Å². The quantitative estimate of drug-likeness (QED) is 0.412. The number of nitrogens with zero attached hydrogens (tertiary/aromatic N) is 1. The number of methoxy groups -OCH3 is 1. The summed E-state index contributed by atoms with van der Waals surface area (Å²) in [7, 11) is 1.35. The molecule has 0 aliphatic carbocycles. The lowest BCUT2D eigenvalue weighted by atomic mass is 9.86. The van der Waals surface area contributed by atoms with Crippen LogP contribution in [0.3, 0.4) is 0 Å². The molecule has 0 saturated carbocycles. The molecule has 2 aromatic heterocycles. The topological polar surface area (TPSA) is 104 Å². The van der Waals surface area contributed by atoms with E-state index in [9.17, 15) is 9.59 Å². The van der Waals surface area contributed by atoms with Crippen LogP contribution in [0.5, 0.6) is 0 Å². The maximum absolute atomic E-state index is 12.8. The van der Waals surface area contributed by atoms with E-state index in [1.807, 2.05) is 60.7 Å². The standard InChI is InChI=1S/C23H22N4O3/c1-30-20(28)13-17(18-14-24-26-22(18)16-10-6-3-7-11-16)21-19(25-27-23(21)29)12-15-8-4-2-5-9-15/h2-11,14,17H,12-13H2,1H3,(H,24,26)(H2,25,27,29). The number of esters is 1. The Morgan fingerprint density at radius 1 is 1.03 bits per heavy atom. The van der Waals surface area contributed by atoms with Gasteiger partial charge in [-0.05, 0) is 11.1 Å². The molecule has 0 aliphatic heterocycles. The smallest absolute Gasteiger partial charge is 0.306 e. The SMILES string of the molecule is COC(=O)CC(c1cn[nH]c1-c1ccccc1)c1c(Cc2ccccc2)[nH][nH]c1=O. The van der Waals surface area contributed by atoms with E-state index in [0.717, 1.165) is 28.1 Å². The minimum absolute atomic E-state index is 0.0264. The highest BCUT2D eigenvalue weighted by atomic mass is 16.5. The second kappa shape index (κ2) is 8.65. The average Bonchev–Trinajstić information content (AvgIpc) is 3.40. The van der Waals surface area contributed by atoms with Gasteiger partial charge >= 0.3 is 5.97 Å². The van der Waals surface area contributed by atoms with Crippen LogP contribution in [0.25, 0.3) is 11.3 Å². The highest BCUT2D eigenvalue weighted by molar-refractivity contribution is 5.73. The van der Waals surface area contributed by atoms with Gasteiger partial charge in [0.25, 0.3) is 5.56 Å². The summed E-state index contributed by atoms with van der Waals surface area (Å²) in [4.78, 5) is 25.1. The van der Waals surface area contributed by atoms with Crippen molar-refractivity contribution in [2.45, 2.75) is 18.8 Å². The van der Waals surface area contributed by atoms with E-state index in [1.165, 1.54) is 7.11 Å². The van der Waals surface area contributed by atoms with Crippen LogP contribution < -0.4 is 5.56 Å². The largest absolute Gasteiger partial charge is 0.469 e. The second-order valence-electron chi connectivity index (χ2n) is 7.03. The maximum atomic E-state index is 12.8. The highest BCUT2D eigenvalue weighted by Gasteiger charge is 2.29. The number of nitrogens with one attached hydrogen (secondary N) is 3. The molecule has 7 nitrogen and oxygen atoms in total. The van der Waals surface area contributed by atoms with E-state index in [4.69, 9.17) is 4.74 Å². The number of rotatable bonds is 7. The number of hydrogen-bond donors (Lipinski definition) is 3. The first kappa shape index (κ1) is 19.4. The summed E-state index contributed by atoms with van der Waals surface area (Å²) in [5.74, 6) is -0.911. The van der Waals surface area contributed by atoms with Crippen LogP contribution in [-0.2, 0) is 16.0 Å². The molecule has 0 aliphatic rings. The molecular weight excluding hydrogens is 380 g/mol. The van der Waals surface area contributed by atoms with E-state index >= 15 is 0 Å². The van der Waals surface area contributed by atoms with Crippen molar-refractivity contribution < 1.29 is 9.53 Å². The lowest BCUT2D eigenvalue weighted by molar-refractivity contribution is -0.140. The summed E-state index contributed by atoms with van der Waals surface area (Å²) in [6.07, 6.45) is 2.23. The first-order valence-corrected chi connectivity index (χ1v) is 9.66. The fourth-order valence-corrected chi connectivity index (χ4v) is 3.73. The van der Waals surface area contributed by atoms with Gasteiger partial charge in [0.1, 0.15) is 0 Å². The predicted molar refractivity (Wildman–Crippen MR) is 113 cm³/mol. The number of hydrogen-bond acceptors (Lipinski definition) is 4. The van der Waals surface area contributed by atoms with Crippen LogP contribution in [0.15, 0.2) is 71.7 Å². The predicted octanol–water partition coefficient (Wildman–Crippen LogP) is 3.38. The van der Waals surface area contributed by atoms with Gasteiger partial charge in [-0.1, -0.05) is 60.7 Å². The second-order valence-corrected chi connectivity index (χ2v) is 7.03. The zero-order valence-corrected chi connectivity index (χ0v) is 16.5. The summed E-state index contributed by atoms with van der Waals surface area (Å²) in [6, 6.07) is 19.6. The molecular formula is C23H22N4O3. The molecule has 2 aromatic carbocycles. The third-order valence-electron chi connectivity index (χ3n) is 5.17. The number of aromatic amines is 3. The highest BCUT2D eigenvalue weighted by Crippen LogP contribution is 2.34. The molecule has 1 unspecified atom stereocenters. The maximum Gasteiger partial charge on any atom is 0.306 e. The minimum atomic E-state index is -0.514. The Balaban J connectivity index is 1.81. The molecule has 0 spiro atoms. The molecule has 1 atom stereocenters. The number of carbonyl (C=O) groups is 1. The van der Waals surface area contributed by atoms with Gasteiger partial charge in [0, 0.05) is 29.2 Å². The molecule has 0 amide bonds. The number of ether oxygens (including phenoxy) is 1. The van der Waals surface area contributed by atoms with Gasteiger partial charge < -0.3 is 9.84 Å². The monoisotopic (exact) mass is 402 g/mol. The molecule has 2 heterocycles. The third kappa shape index (κ3) is 3.96. The first-order valence-electron chi connectivity index (χ1n) is 9.66. The van der Waals surface area contributed by atoms with E-state index in [-0.39, 0.29) is 12.0 Å². The average molecular weight is 402 g/mol. The summed E-state index contributed by atoms with van der Waals surface area (Å²) in [5.41, 5.74) is 4.53. The molecule has 152 valence electrons. The van der Waals surface area contributed by atoms with Crippen LogP contribution in [0.1, 0.15) is 34.7 Å². The van der Waals surface area contributed by atoms with Gasteiger partial charge in [0.15, 0.2) is 0 Å². The van der Waals surface area contributed by atoms with Crippen molar-refractivity contribution in [2.24, 2.45) is 0 Å². The van der Waals surface area contributed by atoms with Gasteiger partial charge in [-0.2, -0.15) is 5.10 Å². The Bertz CT molecular complexity index is 1180. The van der Waals surface area contributed by atoms with Crippen molar-refractivity contribution in [1.29, 1.82) is 0 Å². The Kier molecular flexibility index (Phi) is 5.61. The van der Waals surface area contributed by atoms with Gasteiger partial charge in [-0.15, -0.1) is 0 Å². The lowest BCUT2D eigenvalue weighted by Crippen LogP contribution is -2.18. The van der Waals surface area contributed by atoms with Gasteiger partial charge in [-0.25, -0.2) is 0 Å². The molecule has 7 heteroatoms. The van der Waals surface area contributed by atoms with Crippen molar-refractivity contribution >= 4 is 5.97 Å². The zero-order chi connectivity index (χ0) is 20.9. The van der Waals surface area contributed by atoms with E-state index in [1.54, 1.807) is 6.20 Å². The van der Waals surface area contributed by atoms with Crippen LogP contribution >= 0.6 is 0 Å². The van der Waals surface area contributed by atoms with E-state index in [0.29, 0.717) is 12.0 Å². The molecule has 4 rings (SSSR count). The van der Waals surface area contributed by atoms with Crippen LogP contribution in [0.2, 0.25) is 0 Å². The zero-order valence-electron chi connectivity index (χ0n) is 16.5. The lowest BCUT2D eigenvalue weighted by Gasteiger charge is -2.16. The van der Waals surface area contributed by atoms with Gasteiger partial charge in [-0.3, -0.25) is 19.8 Å². The summed E-state index contributed by atoms with van der Waals surface area (Å²) < 4.78 is 4.93. The Morgan fingerprint density at radius 2 is 1.73 bits per heavy atom. The Morgan fingerprint density at radius 3 is 2.43 bits per heavy atom. The number of carbonyl (C=O) groups excluding carboxylic acids is 1. The molecule has 30 heavy (non-hydrogen) atoms. The molecule has 0 fully saturated rings. The van der Waals surface area contributed by atoms with Crippen molar-refractivity contribution in [1.82, 2.24) is 20.4 Å². The summed E-state index contributed by atoms with van der Waals surface area (Å²) >= 11 is 0. The molecule has 4 aromatic rings. The molecule has 0 saturated heterocycles. The third-order valence-corrected chi connectivity index (χ3v) is 5.17. The number of benzene rings is 2. The summed E-state index contributed by atoms with van der Waals surface area (Å²) in [5, 5.41) is 12.9. The number of H-pyrrole nitrogens is 3. The molecule has 0 radical (unpaired) electrons. The molecule has 3 N–H and O–H groups in total. The molecule has 0 bridgehead atoms. The summed E-state index contributed by atoms with van der Waals surface area (Å²) in [6.45, 7) is 0. The Labute approximate surface area is 173 Å². The number of aromatic nitrogens is 4. The van der Waals surface area contributed by atoms with Crippen molar-refractivity contribution in [3.8, 4) is 11.3 Å². The van der Waals surface area contributed by atoms with E-state index in [2.05, 4.69) is 20.4 Å². The fraction of sp³-hybridized carbons (Fsp3) is 0.174. The fourth-order valence-electron chi connectivity index (χ4n) is 3.73. The first-order chi connectivity index (χ1) is 14.7. The van der Waals surface area contributed by atoms with Crippen molar-refractivity contribution in [3.05, 3.63) is 99.6 Å². The van der Waals surface area contributed by atoms with Crippen LogP contribution in [0.4, 0.5) is 0 Å². The van der Waals surface area contributed by atoms with E-state index < -0.39 is 11.9 Å². The van der Waals surface area contributed by atoms with Crippen molar-refractivity contribution in [3.63, 3.8) is 0 Å². The Hall–Kier alpha value is -3.87. The van der Waals surface area contributed by atoms with Gasteiger partial charge in [0.05, 0.1) is 25.4 Å². The van der Waals surface area contributed by atoms with Crippen LogP contribution in [0, 0.1) is 0 Å². The normalized spacial score (nSPS) is 11.9.